The van der Waals surface area contributed by atoms with Crippen molar-refractivity contribution in [2.45, 2.75) is 0 Å². The smallest absolute Gasteiger partial charge is 0.135 e. The molecule has 0 bridgehead atoms. The molecule has 3 aromatic heterocycles. The highest BCUT2D eigenvalue weighted by Gasteiger charge is 2.26. The molecule has 58 heavy (non-hydrogen) atoms. The topological polar surface area (TPSA) is 21.3 Å². The summed E-state index contributed by atoms with van der Waals surface area (Å²) in [7, 11) is 0. The summed E-state index contributed by atoms with van der Waals surface area (Å²) in [4.78, 5) is 2.51. The first-order chi connectivity index (χ1) is 28.8. The zero-order valence-corrected chi connectivity index (χ0v) is 32.2. The number of benzene rings is 9. The molecule has 272 valence electrons. The number of hydrogen-bond donors (Lipinski definition) is 0. The van der Waals surface area contributed by atoms with Gasteiger partial charge in [0.15, 0.2) is 0 Å². The number of fused-ring (bicyclic) bond motifs is 9. The minimum Gasteiger partial charge on any atom is -0.456 e. The molecule has 3 heterocycles. The highest BCUT2D eigenvalue weighted by molar-refractivity contribution is 7.26. The van der Waals surface area contributed by atoms with Crippen LogP contribution in [0.2, 0.25) is 0 Å². The quantitative estimate of drug-likeness (QED) is 0.168. The Morgan fingerprint density at radius 2 is 1.00 bits per heavy atom. The van der Waals surface area contributed by atoms with Crippen LogP contribution >= 0.6 is 11.3 Å². The third kappa shape index (κ3) is 4.99. The molecule has 0 aliphatic heterocycles. The summed E-state index contributed by atoms with van der Waals surface area (Å²) < 4.78 is 11.3. The molecule has 0 aliphatic carbocycles. The molecule has 4 heteroatoms. The second kappa shape index (κ2) is 13.1. The maximum absolute atomic E-state index is 6.30. The zero-order chi connectivity index (χ0) is 38.2. The van der Waals surface area contributed by atoms with Gasteiger partial charge in [-0.1, -0.05) is 140 Å². The number of furan rings is 1. The van der Waals surface area contributed by atoms with Crippen LogP contribution in [-0.2, 0) is 0 Å². The molecule has 3 nitrogen and oxygen atoms in total. The number of para-hydroxylation sites is 5. The van der Waals surface area contributed by atoms with E-state index < -0.39 is 0 Å². The summed E-state index contributed by atoms with van der Waals surface area (Å²) in [6.07, 6.45) is 0. The average molecular weight is 759 g/mol. The van der Waals surface area contributed by atoms with Crippen molar-refractivity contribution in [1.82, 2.24) is 4.57 Å². The number of aromatic nitrogens is 1. The molecule has 0 fully saturated rings. The van der Waals surface area contributed by atoms with Gasteiger partial charge in [0.1, 0.15) is 11.2 Å². The van der Waals surface area contributed by atoms with Crippen LogP contribution in [0.3, 0.4) is 0 Å². The highest BCUT2D eigenvalue weighted by atomic mass is 32.1. The average Bonchev–Trinajstić information content (AvgIpc) is 3.97. The molecule has 12 aromatic rings. The van der Waals surface area contributed by atoms with Crippen molar-refractivity contribution >= 4 is 92.3 Å². The lowest BCUT2D eigenvalue weighted by atomic mass is 9.96. The normalized spacial score (nSPS) is 11.8. The first-order valence-electron chi connectivity index (χ1n) is 19.7. The molecular formula is C54H34N2OS. The van der Waals surface area contributed by atoms with Crippen molar-refractivity contribution in [3.05, 3.63) is 206 Å². The van der Waals surface area contributed by atoms with E-state index in [2.05, 4.69) is 204 Å². The van der Waals surface area contributed by atoms with Crippen molar-refractivity contribution in [1.29, 1.82) is 0 Å². The predicted octanol–water partition coefficient (Wildman–Crippen LogP) is 15.9. The molecule has 0 N–H and O–H groups in total. The fourth-order valence-corrected chi connectivity index (χ4v) is 10.3. The Hall–Kier alpha value is -7.40. The molecule has 0 amide bonds. The molecule has 0 spiro atoms. The summed E-state index contributed by atoms with van der Waals surface area (Å²) in [6.45, 7) is 0. The van der Waals surface area contributed by atoms with Crippen LogP contribution in [0.25, 0.3) is 91.9 Å². The number of nitrogens with zero attached hydrogens (tertiary/aromatic N) is 2. The maximum atomic E-state index is 6.30. The standard InChI is InChI=1S/C54H34N2OS/c1-2-16-36(17-3-1)55-47-27-11-6-22-43(47)53-48(55)28-15-29-49(53)56(45-25-9-4-18-37(45)35-32-33-51-44(34-35)39-20-7-12-30-50(39)57-51)46-26-10-5-19-38(46)41-23-14-24-42-40-21-8-13-31-52(40)58-54(41)42/h1-34H. The van der Waals surface area contributed by atoms with Crippen LogP contribution in [-0.4, -0.2) is 4.57 Å². The second-order valence-electron chi connectivity index (χ2n) is 14.8. The van der Waals surface area contributed by atoms with Crippen LogP contribution in [0.1, 0.15) is 0 Å². The number of rotatable bonds is 6. The van der Waals surface area contributed by atoms with E-state index in [0.29, 0.717) is 0 Å². The minimum absolute atomic E-state index is 0.888. The van der Waals surface area contributed by atoms with Crippen LogP contribution in [0, 0.1) is 0 Å². The van der Waals surface area contributed by atoms with E-state index in [1.807, 2.05) is 23.5 Å². The zero-order valence-electron chi connectivity index (χ0n) is 31.3. The SMILES string of the molecule is c1ccc(-n2c3ccccc3c3c(N(c4ccccc4-c4ccc5oc6ccccc6c5c4)c4ccccc4-c4cccc5c4sc4ccccc45)cccc32)cc1. The lowest BCUT2D eigenvalue weighted by Crippen LogP contribution is -2.13. The number of thiophene rings is 1. The Labute approximate surface area is 338 Å². The summed E-state index contributed by atoms with van der Waals surface area (Å²) in [6, 6.07) is 74.6. The largest absolute Gasteiger partial charge is 0.456 e. The van der Waals surface area contributed by atoms with Crippen LogP contribution in [0.15, 0.2) is 211 Å². The third-order valence-corrected chi connectivity index (χ3v) is 12.8. The Kier molecular flexibility index (Phi) is 7.40. The monoisotopic (exact) mass is 758 g/mol. The van der Waals surface area contributed by atoms with Gasteiger partial charge in [-0.2, -0.15) is 0 Å². The summed E-state index contributed by atoms with van der Waals surface area (Å²) in [5.74, 6) is 0. The summed E-state index contributed by atoms with van der Waals surface area (Å²) in [5.41, 5.74) is 13.2. The lowest BCUT2D eigenvalue weighted by Gasteiger charge is -2.30. The molecule has 0 atom stereocenters. The van der Waals surface area contributed by atoms with Crippen LogP contribution in [0.5, 0.6) is 0 Å². The van der Waals surface area contributed by atoms with E-state index in [1.54, 1.807) is 0 Å². The first kappa shape index (κ1) is 32.8. The predicted molar refractivity (Wildman–Crippen MR) is 247 cm³/mol. The maximum Gasteiger partial charge on any atom is 0.135 e. The van der Waals surface area contributed by atoms with Crippen molar-refractivity contribution in [2.75, 3.05) is 4.90 Å². The Bertz CT molecular complexity index is 3540. The second-order valence-corrected chi connectivity index (χ2v) is 15.9. The van der Waals surface area contributed by atoms with E-state index >= 15 is 0 Å². The fourth-order valence-electron chi connectivity index (χ4n) is 9.09. The van der Waals surface area contributed by atoms with E-state index in [9.17, 15) is 0 Å². The Morgan fingerprint density at radius 1 is 0.397 bits per heavy atom. The Morgan fingerprint density at radius 3 is 1.88 bits per heavy atom. The van der Waals surface area contributed by atoms with Gasteiger partial charge >= 0.3 is 0 Å². The fraction of sp³-hybridized carbons (Fsp3) is 0. The van der Waals surface area contributed by atoms with E-state index in [-0.39, 0.29) is 0 Å². The number of anilines is 3. The van der Waals surface area contributed by atoms with Crippen molar-refractivity contribution in [3.8, 4) is 27.9 Å². The molecule has 0 saturated carbocycles. The molecule has 0 aliphatic rings. The van der Waals surface area contributed by atoms with Crippen LogP contribution < -0.4 is 4.90 Å². The molecule has 0 radical (unpaired) electrons. The molecular weight excluding hydrogens is 725 g/mol. The molecule has 0 unspecified atom stereocenters. The van der Waals surface area contributed by atoms with Crippen molar-refractivity contribution < 1.29 is 4.42 Å². The highest BCUT2D eigenvalue weighted by Crippen LogP contribution is 2.51. The first-order valence-corrected chi connectivity index (χ1v) is 20.5. The van der Waals surface area contributed by atoms with Gasteiger partial charge in [0.25, 0.3) is 0 Å². The van der Waals surface area contributed by atoms with Gasteiger partial charge < -0.3 is 13.9 Å². The number of hydrogen-bond acceptors (Lipinski definition) is 3. The van der Waals surface area contributed by atoms with Crippen molar-refractivity contribution in [3.63, 3.8) is 0 Å². The summed E-state index contributed by atoms with van der Waals surface area (Å²) >= 11 is 1.87. The van der Waals surface area contributed by atoms with Crippen LogP contribution in [0.4, 0.5) is 17.1 Å². The van der Waals surface area contributed by atoms with E-state index in [0.717, 1.165) is 61.3 Å². The van der Waals surface area contributed by atoms with E-state index in [1.165, 1.54) is 47.6 Å². The molecule has 9 aromatic carbocycles. The van der Waals surface area contributed by atoms with Gasteiger partial charge in [-0.3, -0.25) is 0 Å². The summed E-state index contributed by atoms with van der Waals surface area (Å²) in [5, 5.41) is 7.21. The van der Waals surface area contributed by atoms with Gasteiger partial charge in [-0.25, -0.2) is 0 Å². The third-order valence-electron chi connectivity index (χ3n) is 11.6. The van der Waals surface area contributed by atoms with Gasteiger partial charge in [0.05, 0.1) is 28.1 Å². The Balaban J connectivity index is 1.18. The van der Waals surface area contributed by atoms with Gasteiger partial charge in [-0.15, -0.1) is 11.3 Å². The van der Waals surface area contributed by atoms with Crippen molar-refractivity contribution in [2.24, 2.45) is 0 Å². The lowest BCUT2D eigenvalue weighted by molar-refractivity contribution is 0.669. The molecule has 12 rings (SSSR count). The van der Waals surface area contributed by atoms with Gasteiger partial charge in [-0.05, 0) is 72.3 Å². The van der Waals surface area contributed by atoms with Gasteiger partial charge in [0, 0.05) is 64.1 Å². The van der Waals surface area contributed by atoms with E-state index in [4.69, 9.17) is 4.42 Å². The van der Waals surface area contributed by atoms with Gasteiger partial charge in [0.2, 0.25) is 0 Å². The molecule has 0 saturated heterocycles. The minimum atomic E-state index is 0.888.